The van der Waals surface area contributed by atoms with E-state index in [9.17, 15) is 12.8 Å². The Balaban J connectivity index is 2.04. The van der Waals surface area contributed by atoms with Gasteiger partial charge in [-0.2, -0.15) is 0 Å². The zero-order valence-corrected chi connectivity index (χ0v) is 14.3. The number of nitrogens with two attached hydrogens (primary N) is 2. The van der Waals surface area contributed by atoms with Crippen LogP contribution in [0.4, 0.5) is 4.39 Å². The number of sulfone groups is 1. The lowest BCUT2D eigenvalue weighted by atomic mass is 9.99. The Hall–Kier alpha value is -1.76. The summed E-state index contributed by atoms with van der Waals surface area (Å²) in [5, 5.41) is -0.687. The predicted molar refractivity (Wildman–Crippen MR) is 91.8 cm³/mol. The van der Waals surface area contributed by atoms with Gasteiger partial charge in [-0.1, -0.05) is 29.8 Å². The molecular weight excluding hydrogens is 327 g/mol. The van der Waals surface area contributed by atoms with Gasteiger partial charge in [0.1, 0.15) is 5.82 Å². The molecule has 2 aromatic rings. The van der Waals surface area contributed by atoms with E-state index in [0.29, 0.717) is 0 Å². The van der Waals surface area contributed by atoms with Crippen LogP contribution in [0.2, 0.25) is 0 Å². The van der Waals surface area contributed by atoms with E-state index in [1.807, 2.05) is 6.92 Å². The highest BCUT2D eigenvalue weighted by atomic mass is 32.2. The first-order valence-corrected chi connectivity index (χ1v) is 9.37. The largest absolute Gasteiger partial charge is 0.330 e. The Morgan fingerprint density at radius 1 is 1.00 bits per heavy atom. The lowest BCUT2D eigenvalue weighted by Gasteiger charge is -2.13. The van der Waals surface area contributed by atoms with Crippen molar-refractivity contribution in [1.82, 2.24) is 0 Å². The Morgan fingerprint density at radius 3 is 2.04 bits per heavy atom. The molecule has 1 aliphatic carbocycles. The van der Waals surface area contributed by atoms with Gasteiger partial charge >= 0.3 is 0 Å². The first kappa shape index (κ1) is 17.1. The molecule has 1 aliphatic rings. The molecule has 128 valence electrons. The van der Waals surface area contributed by atoms with Crippen LogP contribution in [0.1, 0.15) is 17.0 Å². The maximum Gasteiger partial charge on any atom is 0.182 e. The van der Waals surface area contributed by atoms with Crippen LogP contribution in [-0.2, 0) is 9.84 Å². The lowest BCUT2D eigenvalue weighted by Crippen LogP contribution is -2.31. The van der Waals surface area contributed by atoms with Crippen molar-refractivity contribution < 1.29 is 12.8 Å². The van der Waals surface area contributed by atoms with Crippen LogP contribution < -0.4 is 11.5 Å². The summed E-state index contributed by atoms with van der Waals surface area (Å²) in [6.07, 6.45) is 0. The first-order valence-electron chi connectivity index (χ1n) is 7.83. The van der Waals surface area contributed by atoms with E-state index in [1.165, 1.54) is 12.1 Å². The third-order valence-electron chi connectivity index (χ3n) is 5.05. The molecule has 0 bridgehead atoms. The molecule has 2 aromatic carbocycles. The van der Waals surface area contributed by atoms with E-state index in [0.717, 1.165) is 11.1 Å². The van der Waals surface area contributed by atoms with Crippen LogP contribution >= 0.6 is 0 Å². The van der Waals surface area contributed by atoms with Crippen LogP contribution in [0.15, 0.2) is 53.4 Å². The summed E-state index contributed by atoms with van der Waals surface area (Å²) in [6.45, 7) is 2.24. The van der Waals surface area contributed by atoms with Gasteiger partial charge in [0, 0.05) is 24.4 Å². The summed E-state index contributed by atoms with van der Waals surface area (Å²) in [5.41, 5.74) is 12.9. The molecule has 24 heavy (non-hydrogen) atoms. The van der Waals surface area contributed by atoms with Gasteiger partial charge in [-0.05, 0) is 36.8 Å². The molecule has 0 aromatic heterocycles. The van der Waals surface area contributed by atoms with Gasteiger partial charge in [0.05, 0.1) is 10.1 Å². The summed E-state index contributed by atoms with van der Waals surface area (Å²) >= 11 is 0. The van der Waals surface area contributed by atoms with Crippen LogP contribution in [0.5, 0.6) is 0 Å². The maximum absolute atomic E-state index is 13.2. The average molecular weight is 348 g/mol. The number of hydrogen-bond acceptors (Lipinski definition) is 4. The second-order valence-corrected chi connectivity index (χ2v) is 8.52. The molecule has 0 saturated heterocycles. The smallest absolute Gasteiger partial charge is 0.182 e. The van der Waals surface area contributed by atoms with E-state index in [1.54, 1.807) is 36.4 Å². The highest BCUT2D eigenvalue weighted by Crippen LogP contribution is 2.62. The molecule has 0 aliphatic heterocycles. The standard InChI is InChI=1S/C18H21FN2O2S/c1-12-2-8-15(9-3-12)24(22,23)17-16(18(17,10-20)11-21)13-4-6-14(19)7-5-13/h2-9,16-17H,10-11,20-21H2,1H3/t16-,17+/m0/s1. The molecule has 1 saturated carbocycles. The Kier molecular flexibility index (Phi) is 4.23. The highest BCUT2D eigenvalue weighted by molar-refractivity contribution is 7.92. The predicted octanol–water partition coefficient (Wildman–Crippen LogP) is 1.98. The average Bonchev–Trinajstić information content (AvgIpc) is 3.26. The highest BCUT2D eigenvalue weighted by Gasteiger charge is 2.69. The van der Waals surface area contributed by atoms with Crippen molar-refractivity contribution in [2.75, 3.05) is 13.1 Å². The molecule has 0 spiro atoms. The van der Waals surface area contributed by atoms with Gasteiger partial charge < -0.3 is 11.5 Å². The number of aryl methyl sites for hydroxylation is 1. The first-order chi connectivity index (χ1) is 11.4. The third-order valence-corrected chi connectivity index (χ3v) is 7.39. The molecule has 6 heteroatoms. The van der Waals surface area contributed by atoms with E-state index in [-0.39, 0.29) is 29.7 Å². The van der Waals surface area contributed by atoms with Crippen molar-refractivity contribution in [2.24, 2.45) is 16.9 Å². The number of rotatable bonds is 5. The van der Waals surface area contributed by atoms with Crippen LogP contribution in [0.3, 0.4) is 0 Å². The number of benzene rings is 2. The number of halogens is 1. The summed E-state index contributed by atoms with van der Waals surface area (Å²) in [4.78, 5) is 0.272. The van der Waals surface area contributed by atoms with Crippen molar-refractivity contribution in [3.63, 3.8) is 0 Å². The van der Waals surface area contributed by atoms with E-state index >= 15 is 0 Å². The molecule has 4 N–H and O–H groups in total. The molecule has 0 heterocycles. The fraction of sp³-hybridized carbons (Fsp3) is 0.333. The van der Waals surface area contributed by atoms with Gasteiger partial charge in [-0.25, -0.2) is 12.8 Å². The van der Waals surface area contributed by atoms with Gasteiger partial charge in [0.25, 0.3) is 0 Å². The zero-order valence-electron chi connectivity index (χ0n) is 13.4. The van der Waals surface area contributed by atoms with Crippen molar-refractivity contribution in [3.05, 3.63) is 65.5 Å². The quantitative estimate of drug-likeness (QED) is 0.865. The van der Waals surface area contributed by atoms with Crippen LogP contribution in [-0.4, -0.2) is 26.8 Å². The van der Waals surface area contributed by atoms with Crippen molar-refractivity contribution in [2.45, 2.75) is 23.0 Å². The minimum Gasteiger partial charge on any atom is -0.330 e. The fourth-order valence-corrected chi connectivity index (χ4v) is 6.04. The van der Waals surface area contributed by atoms with Gasteiger partial charge in [0.15, 0.2) is 9.84 Å². The van der Waals surface area contributed by atoms with Crippen LogP contribution in [0.25, 0.3) is 0 Å². The second kappa shape index (κ2) is 5.95. The summed E-state index contributed by atoms with van der Waals surface area (Å²) in [6, 6.07) is 12.7. The normalized spacial score (nSPS) is 22.3. The molecule has 3 rings (SSSR count). The molecule has 0 amide bonds. The molecule has 0 unspecified atom stereocenters. The lowest BCUT2D eigenvalue weighted by molar-refractivity contribution is 0.509. The monoisotopic (exact) mass is 348 g/mol. The molecule has 4 nitrogen and oxygen atoms in total. The number of hydrogen-bond donors (Lipinski definition) is 2. The minimum atomic E-state index is -3.58. The van der Waals surface area contributed by atoms with Crippen LogP contribution in [0, 0.1) is 18.2 Å². The Morgan fingerprint density at radius 2 is 1.54 bits per heavy atom. The van der Waals surface area contributed by atoms with E-state index in [2.05, 4.69) is 0 Å². The van der Waals surface area contributed by atoms with Crippen molar-refractivity contribution in [3.8, 4) is 0 Å². The molecule has 0 radical (unpaired) electrons. The molecule has 1 fully saturated rings. The van der Waals surface area contributed by atoms with Crippen molar-refractivity contribution >= 4 is 9.84 Å². The van der Waals surface area contributed by atoms with Gasteiger partial charge in [-0.15, -0.1) is 0 Å². The fourth-order valence-electron chi connectivity index (χ4n) is 3.56. The van der Waals surface area contributed by atoms with Crippen molar-refractivity contribution in [1.29, 1.82) is 0 Å². The van der Waals surface area contributed by atoms with E-state index < -0.39 is 20.5 Å². The Labute approximate surface area is 141 Å². The summed E-state index contributed by atoms with van der Waals surface area (Å²) < 4.78 is 39.4. The molecular formula is C18H21FN2O2S. The van der Waals surface area contributed by atoms with Gasteiger partial charge in [-0.3, -0.25) is 0 Å². The second-order valence-electron chi connectivity index (χ2n) is 6.45. The topological polar surface area (TPSA) is 86.2 Å². The minimum absolute atomic E-state index is 0.168. The summed E-state index contributed by atoms with van der Waals surface area (Å²) in [5.74, 6) is -0.678. The molecule has 2 atom stereocenters. The zero-order chi connectivity index (χ0) is 17.5. The third kappa shape index (κ3) is 2.55. The summed E-state index contributed by atoms with van der Waals surface area (Å²) in [7, 11) is -3.58. The van der Waals surface area contributed by atoms with Gasteiger partial charge in [0.2, 0.25) is 0 Å². The Bertz CT molecular complexity index is 828. The SMILES string of the molecule is Cc1ccc(S(=O)(=O)[C@@H]2[C@H](c3ccc(F)cc3)C2(CN)CN)cc1. The van der Waals surface area contributed by atoms with E-state index in [4.69, 9.17) is 11.5 Å². The maximum atomic E-state index is 13.2.